The molecule has 1 amide bonds. The lowest BCUT2D eigenvalue weighted by Gasteiger charge is -2.10. The van der Waals surface area contributed by atoms with Crippen molar-refractivity contribution in [2.24, 2.45) is 0 Å². The Morgan fingerprint density at radius 3 is 2.41 bits per heavy atom. The maximum atomic E-state index is 12.4. The van der Waals surface area contributed by atoms with E-state index in [1.54, 1.807) is 18.2 Å². The number of nitrogens with one attached hydrogen (secondary N) is 1. The molecule has 0 spiro atoms. The highest BCUT2D eigenvalue weighted by Crippen LogP contribution is 2.28. The minimum absolute atomic E-state index is 0.106. The molecule has 0 aliphatic rings. The van der Waals surface area contributed by atoms with Crippen molar-refractivity contribution in [1.29, 1.82) is 0 Å². The van der Waals surface area contributed by atoms with E-state index in [1.165, 1.54) is 5.56 Å². The zero-order valence-electron chi connectivity index (χ0n) is 18.5. The van der Waals surface area contributed by atoms with E-state index in [1.807, 2.05) is 38.1 Å². The molecule has 0 radical (unpaired) electrons. The van der Waals surface area contributed by atoms with Crippen molar-refractivity contribution in [1.82, 2.24) is 4.98 Å². The Morgan fingerprint density at radius 1 is 1.06 bits per heavy atom. The van der Waals surface area contributed by atoms with Gasteiger partial charge < -0.3 is 14.5 Å². The normalized spacial score (nSPS) is 11.2. The van der Waals surface area contributed by atoms with Gasteiger partial charge in [-0.3, -0.25) is 4.79 Å². The van der Waals surface area contributed by atoms with Gasteiger partial charge in [-0.2, -0.15) is 0 Å². The SMILES string of the molecule is Cc1cc(OCC(=O)Nc2ccc3oc(-c4ccc(C(C)C)cc4)nc3c2)cc(C)c1Cl. The van der Waals surface area contributed by atoms with E-state index in [0.29, 0.717) is 39.4 Å². The van der Waals surface area contributed by atoms with Gasteiger partial charge in [0.15, 0.2) is 12.2 Å². The highest BCUT2D eigenvalue weighted by molar-refractivity contribution is 6.32. The summed E-state index contributed by atoms with van der Waals surface area (Å²) in [7, 11) is 0. The van der Waals surface area contributed by atoms with Crippen molar-refractivity contribution in [3.63, 3.8) is 0 Å². The molecule has 6 heteroatoms. The summed E-state index contributed by atoms with van der Waals surface area (Å²) in [6.45, 7) is 8.02. The number of benzene rings is 3. The Hall–Kier alpha value is -3.31. The number of amides is 1. The molecule has 0 bridgehead atoms. The second-order valence-corrected chi connectivity index (χ2v) is 8.56. The maximum absolute atomic E-state index is 12.4. The lowest BCUT2D eigenvalue weighted by molar-refractivity contribution is -0.118. The summed E-state index contributed by atoms with van der Waals surface area (Å²) < 4.78 is 11.5. The molecule has 0 saturated carbocycles. The molecule has 1 aromatic heterocycles. The lowest BCUT2D eigenvalue weighted by Crippen LogP contribution is -2.20. The molecule has 0 unspecified atom stereocenters. The van der Waals surface area contributed by atoms with E-state index in [0.717, 1.165) is 16.7 Å². The number of halogens is 1. The molecule has 4 rings (SSSR count). The third-order valence-corrected chi connectivity index (χ3v) is 5.87. The van der Waals surface area contributed by atoms with Gasteiger partial charge in [0.1, 0.15) is 11.3 Å². The molecule has 5 nitrogen and oxygen atoms in total. The van der Waals surface area contributed by atoms with Crippen LogP contribution in [0.5, 0.6) is 5.75 Å². The first-order chi connectivity index (χ1) is 15.3. The average Bonchev–Trinajstić information content (AvgIpc) is 3.19. The number of aromatic nitrogens is 1. The fourth-order valence-electron chi connectivity index (χ4n) is 3.47. The van der Waals surface area contributed by atoms with Crippen molar-refractivity contribution in [3.8, 4) is 17.2 Å². The number of nitrogens with zero attached hydrogens (tertiary/aromatic N) is 1. The van der Waals surface area contributed by atoms with Gasteiger partial charge in [-0.15, -0.1) is 0 Å². The van der Waals surface area contributed by atoms with Crippen LogP contribution in [0.1, 0.15) is 36.5 Å². The highest BCUT2D eigenvalue weighted by atomic mass is 35.5. The van der Waals surface area contributed by atoms with Crippen molar-refractivity contribution in [2.75, 3.05) is 11.9 Å². The molecule has 3 aromatic carbocycles. The molecule has 0 aliphatic carbocycles. The van der Waals surface area contributed by atoms with Gasteiger partial charge >= 0.3 is 0 Å². The summed E-state index contributed by atoms with van der Waals surface area (Å²) in [6.07, 6.45) is 0. The standard InChI is InChI=1S/C26H25ClN2O3/c1-15(2)18-5-7-19(8-6-18)26-29-22-13-20(9-10-23(22)32-26)28-24(30)14-31-21-11-16(3)25(27)17(4)12-21/h5-13,15H,14H2,1-4H3,(H,28,30). The topological polar surface area (TPSA) is 64.4 Å². The van der Waals surface area contributed by atoms with Crippen molar-refractivity contribution in [3.05, 3.63) is 76.3 Å². The minimum atomic E-state index is -0.261. The predicted octanol–water partition coefficient (Wildman–Crippen LogP) is 6.91. The number of carbonyl (C=O) groups is 1. The number of carbonyl (C=O) groups excluding carboxylic acids is 1. The highest BCUT2D eigenvalue weighted by Gasteiger charge is 2.12. The molecule has 1 N–H and O–H groups in total. The van der Waals surface area contributed by atoms with Gasteiger partial charge in [0.2, 0.25) is 5.89 Å². The fourth-order valence-corrected chi connectivity index (χ4v) is 3.58. The van der Waals surface area contributed by atoms with Crippen LogP contribution in [0.3, 0.4) is 0 Å². The molecular formula is C26H25ClN2O3. The van der Waals surface area contributed by atoms with Gasteiger partial charge in [0, 0.05) is 16.3 Å². The Balaban J connectivity index is 1.44. The zero-order valence-corrected chi connectivity index (χ0v) is 19.3. The fraction of sp³-hybridized carbons (Fsp3) is 0.231. The van der Waals surface area contributed by atoms with Crippen LogP contribution in [-0.4, -0.2) is 17.5 Å². The number of oxazole rings is 1. The monoisotopic (exact) mass is 448 g/mol. The Morgan fingerprint density at radius 2 is 1.75 bits per heavy atom. The molecule has 4 aromatic rings. The van der Waals surface area contributed by atoms with Gasteiger partial charge in [-0.25, -0.2) is 4.98 Å². The molecule has 0 fully saturated rings. The summed E-state index contributed by atoms with van der Waals surface area (Å²) >= 11 is 6.18. The first kappa shape index (κ1) is 21.9. The van der Waals surface area contributed by atoms with Crippen LogP contribution in [0.25, 0.3) is 22.6 Å². The number of hydrogen-bond donors (Lipinski definition) is 1. The molecule has 0 atom stereocenters. The van der Waals surface area contributed by atoms with Gasteiger partial charge in [0.25, 0.3) is 5.91 Å². The zero-order chi connectivity index (χ0) is 22.8. The third-order valence-electron chi connectivity index (χ3n) is 5.28. The number of anilines is 1. The summed E-state index contributed by atoms with van der Waals surface area (Å²) in [5, 5.41) is 3.55. The van der Waals surface area contributed by atoms with Crippen LogP contribution >= 0.6 is 11.6 Å². The Labute approximate surface area is 192 Å². The van der Waals surface area contributed by atoms with E-state index in [4.69, 9.17) is 20.8 Å². The third kappa shape index (κ3) is 4.78. The molecule has 0 saturated heterocycles. The Kier molecular flexibility index (Phi) is 6.19. The number of fused-ring (bicyclic) bond motifs is 1. The smallest absolute Gasteiger partial charge is 0.262 e. The van der Waals surface area contributed by atoms with Crippen LogP contribution in [0.15, 0.2) is 59.0 Å². The lowest BCUT2D eigenvalue weighted by atomic mass is 10.0. The maximum Gasteiger partial charge on any atom is 0.262 e. The summed E-state index contributed by atoms with van der Waals surface area (Å²) in [5.74, 6) is 1.37. The molecule has 1 heterocycles. The number of aryl methyl sites for hydroxylation is 2. The number of rotatable bonds is 6. The Bertz CT molecular complexity index is 1250. The van der Waals surface area contributed by atoms with E-state index in [9.17, 15) is 4.79 Å². The van der Waals surface area contributed by atoms with E-state index >= 15 is 0 Å². The molecule has 32 heavy (non-hydrogen) atoms. The molecular weight excluding hydrogens is 424 g/mol. The second-order valence-electron chi connectivity index (χ2n) is 8.19. The van der Waals surface area contributed by atoms with Crippen LogP contribution in [0, 0.1) is 13.8 Å². The van der Waals surface area contributed by atoms with Gasteiger partial charge in [-0.1, -0.05) is 37.6 Å². The van der Waals surface area contributed by atoms with Crippen molar-refractivity contribution >= 4 is 34.3 Å². The van der Waals surface area contributed by atoms with Crippen LogP contribution in [0.4, 0.5) is 5.69 Å². The minimum Gasteiger partial charge on any atom is -0.484 e. The van der Waals surface area contributed by atoms with Gasteiger partial charge in [-0.05, 0) is 78.9 Å². The van der Waals surface area contributed by atoms with E-state index in [2.05, 4.69) is 36.3 Å². The van der Waals surface area contributed by atoms with Gasteiger partial charge in [0.05, 0.1) is 0 Å². The number of ether oxygens (including phenoxy) is 1. The summed E-state index contributed by atoms with van der Waals surface area (Å²) in [4.78, 5) is 17.0. The van der Waals surface area contributed by atoms with E-state index < -0.39 is 0 Å². The molecule has 0 aliphatic heterocycles. The average molecular weight is 449 g/mol. The quantitative estimate of drug-likeness (QED) is 0.348. The first-order valence-corrected chi connectivity index (χ1v) is 10.9. The van der Waals surface area contributed by atoms with E-state index in [-0.39, 0.29) is 12.5 Å². The summed E-state index contributed by atoms with van der Waals surface area (Å²) in [6, 6.07) is 17.2. The van der Waals surface area contributed by atoms with Crippen molar-refractivity contribution < 1.29 is 13.9 Å². The first-order valence-electron chi connectivity index (χ1n) is 10.5. The second kappa shape index (κ2) is 9.05. The van der Waals surface area contributed by atoms with Crippen molar-refractivity contribution in [2.45, 2.75) is 33.6 Å². The summed E-state index contributed by atoms with van der Waals surface area (Å²) in [5.41, 5.74) is 5.97. The number of hydrogen-bond acceptors (Lipinski definition) is 4. The largest absolute Gasteiger partial charge is 0.484 e. The molecule has 164 valence electrons. The predicted molar refractivity (Wildman–Crippen MR) is 129 cm³/mol. The van der Waals surface area contributed by atoms with Crippen LogP contribution in [0.2, 0.25) is 5.02 Å². The van der Waals surface area contributed by atoms with Crippen LogP contribution in [-0.2, 0) is 4.79 Å². The van der Waals surface area contributed by atoms with Crippen LogP contribution < -0.4 is 10.1 Å².